The van der Waals surface area contributed by atoms with Crippen LogP contribution in [0.3, 0.4) is 0 Å². The summed E-state index contributed by atoms with van der Waals surface area (Å²) in [6.45, 7) is 2.95. The highest BCUT2D eigenvalue weighted by atomic mass is 35.5. The summed E-state index contributed by atoms with van der Waals surface area (Å²) in [5.74, 6) is 1.27. The summed E-state index contributed by atoms with van der Waals surface area (Å²) in [6, 6.07) is 5.58. The second-order valence-corrected chi connectivity index (χ2v) is 7.95. The van der Waals surface area contributed by atoms with Crippen LogP contribution in [0.2, 0.25) is 5.02 Å². The molecule has 0 bridgehead atoms. The molecule has 3 rings (SSSR count). The van der Waals surface area contributed by atoms with Crippen molar-refractivity contribution in [3.8, 4) is 0 Å². The molecule has 0 spiro atoms. The number of carbonyl (C=O) groups excluding carboxylic acids is 1. The topological polar surface area (TPSA) is 64.2 Å². The van der Waals surface area contributed by atoms with Gasteiger partial charge in [0, 0.05) is 31.1 Å². The third-order valence-electron chi connectivity index (χ3n) is 5.61. The number of nitrogens with two attached hydrogens (primary N) is 1. The first-order valence-corrected chi connectivity index (χ1v) is 10.0. The summed E-state index contributed by atoms with van der Waals surface area (Å²) in [6.07, 6.45) is 7.68. The van der Waals surface area contributed by atoms with E-state index < -0.39 is 0 Å². The van der Waals surface area contributed by atoms with Crippen molar-refractivity contribution in [1.82, 2.24) is 14.5 Å². The number of carbonyl (C=O) groups is 1. The molecule has 1 saturated carbocycles. The second-order valence-electron chi connectivity index (χ2n) is 7.52. The van der Waals surface area contributed by atoms with Gasteiger partial charge in [-0.05, 0) is 43.4 Å². The Kier molecular flexibility index (Phi) is 6.07. The van der Waals surface area contributed by atoms with Crippen molar-refractivity contribution in [2.45, 2.75) is 57.9 Å². The molecule has 0 unspecified atom stereocenters. The van der Waals surface area contributed by atoms with E-state index in [0.29, 0.717) is 23.3 Å². The fraction of sp³-hybridized carbons (Fsp3) is 0.600. The number of halogens is 1. The number of anilines is 1. The van der Waals surface area contributed by atoms with Gasteiger partial charge in [-0.15, -0.1) is 0 Å². The molecule has 6 heteroatoms. The van der Waals surface area contributed by atoms with E-state index in [1.807, 2.05) is 34.7 Å². The Bertz CT molecular complexity index is 767. The molecule has 0 radical (unpaired) electrons. The lowest BCUT2D eigenvalue weighted by Gasteiger charge is -2.28. The maximum absolute atomic E-state index is 12.8. The van der Waals surface area contributed by atoms with Gasteiger partial charge >= 0.3 is 0 Å². The largest absolute Gasteiger partial charge is 0.369 e. The van der Waals surface area contributed by atoms with Crippen molar-refractivity contribution >= 4 is 34.5 Å². The Hall–Kier alpha value is -1.75. The maximum Gasteiger partial charge on any atom is 0.224 e. The van der Waals surface area contributed by atoms with Crippen LogP contribution in [-0.4, -0.2) is 34.0 Å². The van der Waals surface area contributed by atoms with E-state index in [1.165, 1.54) is 32.1 Å². The van der Waals surface area contributed by atoms with Crippen LogP contribution in [-0.2, 0) is 4.79 Å². The van der Waals surface area contributed by atoms with Gasteiger partial charge in [0.25, 0.3) is 0 Å². The Morgan fingerprint density at radius 2 is 2.12 bits per heavy atom. The van der Waals surface area contributed by atoms with Crippen LogP contribution < -0.4 is 5.73 Å². The minimum absolute atomic E-state index is 0.00230. The van der Waals surface area contributed by atoms with Crippen LogP contribution in [0, 0.1) is 5.92 Å². The van der Waals surface area contributed by atoms with E-state index in [4.69, 9.17) is 17.3 Å². The first-order chi connectivity index (χ1) is 12.5. The van der Waals surface area contributed by atoms with Crippen LogP contribution in [0.15, 0.2) is 18.2 Å². The van der Waals surface area contributed by atoms with Gasteiger partial charge in [0.05, 0.1) is 11.0 Å². The molecule has 1 aromatic carbocycles. The van der Waals surface area contributed by atoms with Crippen LogP contribution in [0.25, 0.3) is 11.0 Å². The van der Waals surface area contributed by atoms with Gasteiger partial charge in [-0.1, -0.05) is 37.8 Å². The minimum atomic E-state index is 0.00230. The summed E-state index contributed by atoms with van der Waals surface area (Å²) < 4.78 is 1.98. The van der Waals surface area contributed by atoms with Crippen molar-refractivity contribution in [2.24, 2.45) is 5.92 Å². The van der Waals surface area contributed by atoms with E-state index in [9.17, 15) is 4.79 Å². The van der Waals surface area contributed by atoms with Gasteiger partial charge < -0.3 is 15.2 Å². The fourth-order valence-corrected chi connectivity index (χ4v) is 4.28. The molecule has 1 aliphatic rings. The molecule has 1 amide bonds. The molecule has 0 aliphatic heterocycles. The molecule has 142 valence electrons. The zero-order chi connectivity index (χ0) is 18.7. The van der Waals surface area contributed by atoms with Crippen molar-refractivity contribution in [3.63, 3.8) is 0 Å². The SMILES string of the molecule is CC[C@@H](CC(=O)N(C)CC1CCCCC1)n1c(N)nc2cc(Cl)ccc21. The molecule has 5 nitrogen and oxygen atoms in total. The Morgan fingerprint density at radius 1 is 1.38 bits per heavy atom. The van der Waals surface area contributed by atoms with E-state index in [1.54, 1.807) is 0 Å². The Labute approximate surface area is 160 Å². The predicted octanol–water partition coefficient (Wildman–Crippen LogP) is 4.65. The lowest BCUT2D eigenvalue weighted by atomic mass is 9.89. The van der Waals surface area contributed by atoms with E-state index >= 15 is 0 Å². The number of aromatic nitrogens is 2. The van der Waals surface area contributed by atoms with E-state index in [0.717, 1.165) is 24.0 Å². The lowest BCUT2D eigenvalue weighted by molar-refractivity contribution is -0.131. The van der Waals surface area contributed by atoms with Gasteiger partial charge in [0.2, 0.25) is 11.9 Å². The van der Waals surface area contributed by atoms with Crippen LogP contribution in [0.4, 0.5) is 5.95 Å². The predicted molar refractivity (Wildman–Crippen MR) is 107 cm³/mol. The van der Waals surface area contributed by atoms with Gasteiger partial charge in [-0.25, -0.2) is 4.98 Å². The molecule has 0 saturated heterocycles. The Morgan fingerprint density at radius 3 is 2.81 bits per heavy atom. The van der Waals surface area contributed by atoms with Crippen molar-refractivity contribution < 1.29 is 4.79 Å². The van der Waals surface area contributed by atoms with Crippen LogP contribution in [0.1, 0.15) is 57.9 Å². The zero-order valence-corrected chi connectivity index (χ0v) is 16.5. The summed E-state index contributed by atoms with van der Waals surface area (Å²) in [5.41, 5.74) is 7.87. The number of hydrogen-bond acceptors (Lipinski definition) is 3. The normalized spacial score (nSPS) is 16.7. The van der Waals surface area contributed by atoms with Gasteiger partial charge in [0.1, 0.15) is 0 Å². The van der Waals surface area contributed by atoms with Crippen LogP contribution >= 0.6 is 11.6 Å². The second kappa shape index (κ2) is 8.30. The smallest absolute Gasteiger partial charge is 0.224 e. The number of benzene rings is 1. The minimum Gasteiger partial charge on any atom is -0.369 e. The number of imidazole rings is 1. The third kappa shape index (κ3) is 4.14. The number of hydrogen-bond donors (Lipinski definition) is 1. The van der Waals surface area contributed by atoms with E-state index in [2.05, 4.69) is 11.9 Å². The molecule has 26 heavy (non-hydrogen) atoms. The number of amides is 1. The summed E-state index contributed by atoms with van der Waals surface area (Å²) in [7, 11) is 1.93. The van der Waals surface area contributed by atoms with Crippen molar-refractivity contribution in [3.05, 3.63) is 23.2 Å². The number of nitrogen functional groups attached to an aromatic ring is 1. The fourth-order valence-electron chi connectivity index (χ4n) is 4.11. The average molecular weight is 377 g/mol. The molecular formula is C20H29ClN4O. The molecule has 1 fully saturated rings. The summed E-state index contributed by atoms with van der Waals surface area (Å²) in [4.78, 5) is 19.1. The van der Waals surface area contributed by atoms with Gasteiger partial charge in [-0.2, -0.15) is 0 Å². The third-order valence-corrected chi connectivity index (χ3v) is 5.84. The molecule has 1 aromatic heterocycles. The number of rotatable bonds is 6. The summed E-state index contributed by atoms with van der Waals surface area (Å²) >= 11 is 6.06. The standard InChI is InChI=1S/C20H29ClN4O/c1-3-16(12-19(26)24(2)13-14-7-5-4-6-8-14)25-18-10-9-15(21)11-17(18)23-20(25)22/h9-11,14,16H,3-8,12-13H2,1-2H3,(H2,22,23)/t16-/m0/s1. The molecule has 2 aromatic rings. The van der Waals surface area contributed by atoms with E-state index in [-0.39, 0.29) is 11.9 Å². The number of fused-ring (bicyclic) bond motifs is 1. The zero-order valence-electron chi connectivity index (χ0n) is 15.7. The van der Waals surface area contributed by atoms with Crippen molar-refractivity contribution in [1.29, 1.82) is 0 Å². The molecule has 2 N–H and O–H groups in total. The van der Waals surface area contributed by atoms with Crippen LogP contribution in [0.5, 0.6) is 0 Å². The summed E-state index contributed by atoms with van der Waals surface area (Å²) in [5, 5.41) is 0.637. The molecular weight excluding hydrogens is 348 g/mol. The highest BCUT2D eigenvalue weighted by Crippen LogP contribution is 2.29. The highest BCUT2D eigenvalue weighted by Gasteiger charge is 2.23. The molecule has 1 heterocycles. The number of nitrogens with zero attached hydrogens (tertiary/aromatic N) is 3. The first kappa shape index (κ1) is 19.0. The molecule has 1 atom stereocenters. The lowest BCUT2D eigenvalue weighted by Crippen LogP contribution is -2.34. The van der Waals surface area contributed by atoms with Gasteiger partial charge in [-0.3, -0.25) is 4.79 Å². The highest BCUT2D eigenvalue weighted by molar-refractivity contribution is 6.31. The first-order valence-electron chi connectivity index (χ1n) is 9.66. The molecule has 1 aliphatic carbocycles. The Balaban J connectivity index is 1.72. The maximum atomic E-state index is 12.8. The van der Waals surface area contributed by atoms with Gasteiger partial charge in [0.15, 0.2) is 0 Å². The van der Waals surface area contributed by atoms with Crippen molar-refractivity contribution in [2.75, 3.05) is 19.3 Å². The average Bonchev–Trinajstić information content (AvgIpc) is 2.95. The quantitative estimate of drug-likeness (QED) is 0.797. The monoisotopic (exact) mass is 376 g/mol.